The van der Waals surface area contributed by atoms with Gasteiger partial charge in [-0.1, -0.05) is 34.7 Å². The fraction of sp³-hybridized carbons (Fsp3) is 0.429. The molecule has 0 spiro atoms. The van der Waals surface area contributed by atoms with E-state index < -0.39 is 16.3 Å². The van der Waals surface area contributed by atoms with Gasteiger partial charge in [0.1, 0.15) is 6.34 Å². The van der Waals surface area contributed by atoms with E-state index in [1.807, 2.05) is 6.92 Å². The van der Waals surface area contributed by atoms with Gasteiger partial charge in [0, 0.05) is 6.21 Å². The Morgan fingerprint density at radius 2 is 1.62 bits per heavy atom. The molecule has 1 aromatic rings. The van der Waals surface area contributed by atoms with Crippen LogP contribution in [0.25, 0.3) is 0 Å². The van der Waals surface area contributed by atoms with Crippen LogP contribution in [-0.4, -0.2) is 29.8 Å². The molecule has 0 aliphatic carbocycles. The SMILES string of the molecule is C1=NC=NC1.CC(C)(C)O.Cc1ccc([S-](=O)=O)cc1.[K+]. The summed E-state index contributed by atoms with van der Waals surface area (Å²) in [7, 11) is -2.09. The Hall–Kier alpha value is 0.106. The van der Waals surface area contributed by atoms with Crippen LogP contribution in [0.3, 0.4) is 0 Å². The van der Waals surface area contributed by atoms with Crippen molar-refractivity contribution in [3.05, 3.63) is 29.8 Å². The third-order valence-corrected chi connectivity index (χ3v) is 2.31. The quantitative estimate of drug-likeness (QED) is 0.557. The van der Waals surface area contributed by atoms with Crippen molar-refractivity contribution < 1.29 is 64.9 Å². The summed E-state index contributed by atoms with van der Waals surface area (Å²) in [5.74, 6) is 0. The van der Waals surface area contributed by atoms with Gasteiger partial charge < -0.3 is 13.5 Å². The smallest absolute Gasteiger partial charge is 0.420 e. The van der Waals surface area contributed by atoms with Gasteiger partial charge in [-0.2, -0.15) is 0 Å². The molecule has 21 heavy (non-hydrogen) atoms. The number of rotatable bonds is 1. The second-order valence-electron chi connectivity index (χ2n) is 5.03. The summed E-state index contributed by atoms with van der Waals surface area (Å²) in [6.07, 6.45) is 3.32. The van der Waals surface area contributed by atoms with E-state index in [0.29, 0.717) is 4.90 Å². The molecule has 0 saturated heterocycles. The van der Waals surface area contributed by atoms with Gasteiger partial charge in [-0.25, -0.2) is 4.99 Å². The Balaban J connectivity index is 0. The molecule has 0 aromatic heterocycles. The molecule has 2 rings (SSSR count). The van der Waals surface area contributed by atoms with E-state index in [-0.39, 0.29) is 51.4 Å². The molecule has 0 amide bonds. The van der Waals surface area contributed by atoms with Gasteiger partial charge in [-0.3, -0.25) is 4.99 Å². The third kappa shape index (κ3) is 18.1. The van der Waals surface area contributed by atoms with Crippen molar-refractivity contribution in [2.24, 2.45) is 9.98 Å². The average Bonchev–Trinajstić information content (AvgIpc) is 2.85. The van der Waals surface area contributed by atoms with Gasteiger partial charge in [0.15, 0.2) is 0 Å². The Bertz CT molecular complexity index is 494. The number of hydrogen-bond acceptors (Lipinski definition) is 6. The van der Waals surface area contributed by atoms with Crippen LogP contribution in [-0.2, 0) is 19.1 Å². The van der Waals surface area contributed by atoms with E-state index in [4.69, 9.17) is 5.11 Å². The van der Waals surface area contributed by atoms with Gasteiger partial charge in [0.25, 0.3) is 0 Å². The van der Waals surface area contributed by atoms with Crippen LogP contribution in [0.4, 0.5) is 0 Å². The fourth-order valence-electron chi connectivity index (χ4n) is 0.885. The summed E-state index contributed by atoms with van der Waals surface area (Å²) in [5.41, 5.74) is 0.564. The van der Waals surface area contributed by atoms with Crippen molar-refractivity contribution in [3.8, 4) is 0 Å². The van der Waals surface area contributed by atoms with Gasteiger partial charge in [-0.15, -0.1) is 0 Å². The maximum atomic E-state index is 10.3. The summed E-state index contributed by atoms with van der Waals surface area (Å²) in [4.78, 5) is 7.74. The summed E-state index contributed by atoms with van der Waals surface area (Å²) in [6, 6.07) is 6.70. The maximum absolute atomic E-state index is 10.3. The maximum Gasteiger partial charge on any atom is 1.00 e. The van der Waals surface area contributed by atoms with Crippen molar-refractivity contribution >= 4 is 23.3 Å². The van der Waals surface area contributed by atoms with Crippen LogP contribution in [0, 0.1) is 6.92 Å². The van der Waals surface area contributed by atoms with Crippen molar-refractivity contribution in [2.45, 2.75) is 38.2 Å². The van der Waals surface area contributed by atoms with Crippen molar-refractivity contribution in [3.63, 3.8) is 0 Å². The Morgan fingerprint density at radius 1 is 1.14 bits per heavy atom. The molecular formula is C14H21KN2O3S. The summed E-state index contributed by atoms with van der Waals surface area (Å²) in [5, 5.41) is 8.52. The van der Waals surface area contributed by atoms with Crippen LogP contribution < -0.4 is 51.4 Å². The van der Waals surface area contributed by atoms with Crippen molar-refractivity contribution in [2.75, 3.05) is 6.54 Å². The topological polar surface area (TPSA) is 79.1 Å². The molecule has 0 radical (unpaired) electrons. The van der Waals surface area contributed by atoms with Crippen LogP contribution in [0.5, 0.6) is 0 Å². The molecule has 5 nitrogen and oxygen atoms in total. The molecule has 1 aliphatic rings. The Morgan fingerprint density at radius 3 is 1.86 bits per heavy atom. The van der Waals surface area contributed by atoms with Crippen molar-refractivity contribution in [1.82, 2.24) is 0 Å². The van der Waals surface area contributed by atoms with Gasteiger partial charge >= 0.3 is 51.4 Å². The molecule has 1 aromatic carbocycles. The first-order chi connectivity index (χ1) is 9.20. The number of nitrogens with zero attached hydrogens (tertiary/aromatic N) is 2. The molecule has 112 valence electrons. The van der Waals surface area contributed by atoms with E-state index in [2.05, 4.69) is 9.98 Å². The zero-order valence-electron chi connectivity index (χ0n) is 13.2. The molecule has 0 fully saturated rings. The van der Waals surface area contributed by atoms with Gasteiger partial charge in [-0.05, 0) is 38.4 Å². The zero-order chi connectivity index (χ0) is 15.6. The standard InChI is InChI=1S/C7H7O2S.C4H10O.C3H4N2.K/c1-6-2-4-7(5-3-6)10(8)9;1-4(2,3)5;1-2-5-3-4-1;/h2-5H,1H3;5H,1-3H3;1,3H,2H2;/q-1;;;+1. The molecular weight excluding hydrogens is 315 g/mol. The molecule has 0 atom stereocenters. The largest absolute Gasteiger partial charge is 1.00 e. The first-order valence-corrected chi connectivity index (χ1v) is 7.16. The van der Waals surface area contributed by atoms with Crippen LogP contribution in [0.15, 0.2) is 39.1 Å². The molecule has 0 unspecified atom stereocenters. The Kier molecular flexibility index (Phi) is 14.1. The average molecular weight is 336 g/mol. The minimum atomic E-state index is -2.09. The predicted octanol–water partition coefficient (Wildman–Crippen LogP) is -0.456. The number of aliphatic imine (C=N–C) groups is 2. The summed E-state index contributed by atoms with van der Waals surface area (Å²) >= 11 is 0. The third-order valence-electron chi connectivity index (χ3n) is 1.65. The van der Waals surface area contributed by atoms with Gasteiger partial charge in [0.05, 0.1) is 12.1 Å². The molecule has 1 aliphatic heterocycles. The molecule has 0 saturated carbocycles. The van der Waals surface area contributed by atoms with Crippen molar-refractivity contribution in [1.29, 1.82) is 0 Å². The number of benzene rings is 1. The van der Waals surface area contributed by atoms with E-state index >= 15 is 0 Å². The minimum Gasteiger partial charge on any atom is -0.420 e. The fourth-order valence-corrected chi connectivity index (χ4v) is 1.24. The van der Waals surface area contributed by atoms with Crippen LogP contribution in [0.1, 0.15) is 26.3 Å². The normalized spacial score (nSPS) is 11.9. The van der Waals surface area contributed by atoms with Gasteiger partial charge in [0.2, 0.25) is 0 Å². The van der Waals surface area contributed by atoms with E-state index in [1.165, 1.54) is 0 Å². The number of aryl methyl sites for hydroxylation is 1. The molecule has 1 N–H and O–H groups in total. The second kappa shape index (κ2) is 12.6. The first-order valence-electron chi connectivity index (χ1n) is 6.08. The van der Waals surface area contributed by atoms with E-state index in [0.717, 1.165) is 12.1 Å². The predicted molar refractivity (Wildman–Crippen MR) is 82.0 cm³/mol. The summed E-state index contributed by atoms with van der Waals surface area (Å²) in [6.45, 7) is 7.92. The minimum absolute atomic E-state index is 0. The summed E-state index contributed by atoms with van der Waals surface area (Å²) < 4.78 is 20.6. The first kappa shape index (κ1) is 23.4. The number of hydrogen-bond donors (Lipinski definition) is 1. The monoisotopic (exact) mass is 336 g/mol. The van der Waals surface area contributed by atoms with Crippen LogP contribution in [0.2, 0.25) is 0 Å². The molecule has 0 bridgehead atoms. The molecule has 1 heterocycles. The van der Waals surface area contributed by atoms with E-state index in [1.54, 1.807) is 57.6 Å². The number of aliphatic hydroxyl groups is 1. The van der Waals surface area contributed by atoms with Crippen LogP contribution >= 0.6 is 0 Å². The molecule has 7 heteroatoms. The van der Waals surface area contributed by atoms with E-state index in [9.17, 15) is 8.42 Å². The second-order valence-corrected chi connectivity index (χ2v) is 5.97. The zero-order valence-corrected chi connectivity index (χ0v) is 17.2. The Labute approximate surface area is 171 Å².